The van der Waals surface area contributed by atoms with Crippen molar-refractivity contribution in [3.63, 3.8) is 0 Å². The molecule has 3 nitrogen and oxygen atoms in total. The molecule has 0 amide bonds. The van der Waals surface area contributed by atoms with Gasteiger partial charge in [-0.1, -0.05) is 18.2 Å². The van der Waals surface area contributed by atoms with Crippen LogP contribution in [0.5, 0.6) is 0 Å². The average molecular weight is 269 g/mol. The van der Waals surface area contributed by atoms with Gasteiger partial charge in [-0.3, -0.25) is 0 Å². The van der Waals surface area contributed by atoms with Crippen molar-refractivity contribution in [2.75, 3.05) is 5.32 Å². The second-order valence-electron chi connectivity index (χ2n) is 4.40. The SMILES string of the molecule is Cc1ccsc1Cn1ccnc1Nc1ccccc1. The Bertz CT molecular complexity index is 655. The van der Waals surface area contributed by atoms with Gasteiger partial charge in [-0.25, -0.2) is 4.98 Å². The molecule has 0 aliphatic rings. The van der Waals surface area contributed by atoms with Crippen molar-refractivity contribution in [1.29, 1.82) is 0 Å². The maximum atomic E-state index is 4.38. The van der Waals surface area contributed by atoms with Crippen LogP contribution in [-0.2, 0) is 6.54 Å². The molecular weight excluding hydrogens is 254 g/mol. The van der Waals surface area contributed by atoms with E-state index in [1.807, 2.05) is 42.7 Å². The Labute approximate surface area is 116 Å². The third kappa shape index (κ3) is 2.69. The third-order valence-electron chi connectivity index (χ3n) is 3.03. The second kappa shape index (κ2) is 5.28. The molecule has 3 rings (SSSR count). The molecule has 0 unspecified atom stereocenters. The lowest BCUT2D eigenvalue weighted by molar-refractivity contribution is 0.816. The Morgan fingerprint density at radius 1 is 1.21 bits per heavy atom. The minimum atomic E-state index is 0.860. The van der Waals surface area contributed by atoms with E-state index in [2.05, 4.69) is 33.2 Å². The van der Waals surface area contributed by atoms with Crippen molar-refractivity contribution in [3.8, 4) is 0 Å². The summed E-state index contributed by atoms with van der Waals surface area (Å²) >= 11 is 1.79. The van der Waals surface area contributed by atoms with Crippen LogP contribution >= 0.6 is 11.3 Å². The summed E-state index contributed by atoms with van der Waals surface area (Å²) in [7, 11) is 0. The Balaban J connectivity index is 1.81. The zero-order chi connectivity index (χ0) is 13.1. The van der Waals surface area contributed by atoms with Crippen LogP contribution in [0.1, 0.15) is 10.4 Å². The quantitative estimate of drug-likeness (QED) is 0.774. The highest BCUT2D eigenvalue weighted by Gasteiger charge is 2.06. The molecule has 1 N–H and O–H groups in total. The van der Waals surface area contributed by atoms with Crippen LogP contribution in [0.25, 0.3) is 0 Å². The molecule has 0 spiro atoms. The van der Waals surface area contributed by atoms with E-state index in [4.69, 9.17) is 0 Å². The smallest absolute Gasteiger partial charge is 0.207 e. The highest BCUT2D eigenvalue weighted by Crippen LogP contribution is 2.20. The normalized spacial score (nSPS) is 10.6. The molecule has 0 saturated heterocycles. The summed E-state index contributed by atoms with van der Waals surface area (Å²) in [6.45, 7) is 3.01. The lowest BCUT2D eigenvalue weighted by Crippen LogP contribution is -2.04. The van der Waals surface area contributed by atoms with Crippen LogP contribution in [-0.4, -0.2) is 9.55 Å². The fourth-order valence-electron chi connectivity index (χ4n) is 1.93. The zero-order valence-corrected chi connectivity index (χ0v) is 11.5. The Morgan fingerprint density at radius 3 is 2.79 bits per heavy atom. The molecule has 0 aliphatic heterocycles. The topological polar surface area (TPSA) is 29.9 Å². The summed E-state index contributed by atoms with van der Waals surface area (Å²) in [4.78, 5) is 5.75. The van der Waals surface area contributed by atoms with Gasteiger partial charge in [0.15, 0.2) is 0 Å². The van der Waals surface area contributed by atoms with Crippen LogP contribution in [0.3, 0.4) is 0 Å². The summed E-state index contributed by atoms with van der Waals surface area (Å²) in [5, 5.41) is 5.47. The van der Waals surface area contributed by atoms with Crippen LogP contribution in [0.2, 0.25) is 0 Å². The first-order chi connectivity index (χ1) is 9.33. The van der Waals surface area contributed by atoms with Gasteiger partial charge in [-0.15, -0.1) is 11.3 Å². The van der Waals surface area contributed by atoms with E-state index < -0.39 is 0 Å². The maximum absolute atomic E-state index is 4.38. The molecule has 0 radical (unpaired) electrons. The first kappa shape index (κ1) is 12.0. The standard InChI is InChI=1S/C15H15N3S/c1-12-7-10-19-14(12)11-18-9-8-16-15(18)17-13-5-3-2-4-6-13/h2-10H,11H2,1H3,(H,16,17). The number of aromatic nitrogens is 2. The van der Waals surface area contributed by atoms with Crippen molar-refractivity contribution in [1.82, 2.24) is 9.55 Å². The summed E-state index contributed by atoms with van der Waals surface area (Å²) in [5.41, 5.74) is 2.39. The Morgan fingerprint density at radius 2 is 2.05 bits per heavy atom. The lowest BCUT2D eigenvalue weighted by Gasteiger charge is -2.09. The number of nitrogens with one attached hydrogen (secondary N) is 1. The van der Waals surface area contributed by atoms with Gasteiger partial charge in [0.2, 0.25) is 5.95 Å². The van der Waals surface area contributed by atoms with Gasteiger partial charge in [0, 0.05) is 23.0 Å². The average Bonchev–Trinajstić information content (AvgIpc) is 3.02. The summed E-state index contributed by atoms with van der Waals surface area (Å²) in [6.07, 6.45) is 3.83. The highest BCUT2D eigenvalue weighted by atomic mass is 32.1. The predicted molar refractivity (Wildman–Crippen MR) is 80.1 cm³/mol. The highest BCUT2D eigenvalue weighted by molar-refractivity contribution is 7.10. The molecule has 2 aromatic heterocycles. The molecule has 0 saturated carbocycles. The van der Waals surface area contributed by atoms with E-state index in [-0.39, 0.29) is 0 Å². The molecule has 96 valence electrons. The van der Waals surface area contributed by atoms with Gasteiger partial charge in [-0.05, 0) is 36.1 Å². The molecule has 0 atom stereocenters. The van der Waals surface area contributed by atoms with Crippen LogP contribution in [0.15, 0.2) is 54.2 Å². The first-order valence-corrected chi connectivity index (χ1v) is 7.07. The van der Waals surface area contributed by atoms with Crippen molar-refractivity contribution in [3.05, 3.63) is 64.6 Å². The number of para-hydroxylation sites is 1. The fourth-order valence-corrected chi connectivity index (χ4v) is 2.84. The number of nitrogens with zero attached hydrogens (tertiary/aromatic N) is 2. The Kier molecular flexibility index (Phi) is 3.33. The number of anilines is 2. The predicted octanol–water partition coefficient (Wildman–Crippen LogP) is 4.04. The minimum absolute atomic E-state index is 0.860. The number of thiophene rings is 1. The molecule has 2 heterocycles. The van der Waals surface area contributed by atoms with Gasteiger partial charge in [0.1, 0.15) is 0 Å². The van der Waals surface area contributed by atoms with Gasteiger partial charge in [-0.2, -0.15) is 0 Å². The number of aryl methyl sites for hydroxylation is 1. The van der Waals surface area contributed by atoms with Gasteiger partial charge >= 0.3 is 0 Å². The minimum Gasteiger partial charge on any atom is -0.326 e. The molecule has 0 bridgehead atoms. The molecule has 0 aliphatic carbocycles. The van der Waals surface area contributed by atoms with Crippen LogP contribution in [0.4, 0.5) is 11.6 Å². The van der Waals surface area contributed by atoms with E-state index in [9.17, 15) is 0 Å². The van der Waals surface area contributed by atoms with Crippen LogP contribution < -0.4 is 5.32 Å². The van der Waals surface area contributed by atoms with Crippen molar-refractivity contribution < 1.29 is 0 Å². The number of hydrogen-bond donors (Lipinski definition) is 1. The van der Waals surface area contributed by atoms with Crippen molar-refractivity contribution in [2.45, 2.75) is 13.5 Å². The number of hydrogen-bond acceptors (Lipinski definition) is 3. The van der Waals surface area contributed by atoms with Gasteiger partial charge in [0.25, 0.3) is 0 Å². The van der Waals surface area contributed by atoms with Gasteiger partial charge in [0.05, 0.1) is 6.54 Å². The Hall–Kier alpha value is -2.07. The second-order valence-corrected chi connectivity index (χ2v) is 5.40. The van der Waals surface area contributed by atoms with Crippen molar-refractivity contribution >= 4 is 23.0 Å². The molecule has 4 heteroatoms. The third-order valence-corrected chi connectivity index (χ3v) is 4.04. The van der Waals surface area contributed by atoms with E-state index >= 15 is 0 Å². The summed E-state index contributed by atoms with van der Waals surface area (Å²) in [6, 6.07) is 12.3. The zero-order valence-electron chi connectivity index (χ0n) is 10.7. The molecular formula is C15H15N3S. The summed E-state index contributed by atoms with van der Waals surface area (Å²) < 4.78 is 2.13. The molecule has 1 aromatic carbocycles. The monoisotopic (exact) mass is 269 g/mol. The summed E-state index contributed by atoms with van der Waals surface area (Å²) in [5.74, 6) is 0.874. The fraction of sp³-hybridized carbons (Fsp3) is 0.133. The number of benzene rings is 1. The first-order valence-electron chi connectivity index (χ1n) is 6.19. The largest absolute Gasteiger partial charge is 0.326 e. The number of imidazole rings is 1. The molecule has 3 aromatic rings. The van der Waals surface area contributed by atoms with Crippen molar-refractivity contribution in [2.24, 2.45) is 0 Å². The number of rotatable bonds is 4. The lowest BCUT2D eigenvalue weighted by atomic mass is 10.3. The maximum Gasteiger partial charge on any atom is 0.207 e. The molecule has 0 fully saturated rings. The van der Waals surface area contributed by atoms with E-state index in [1.54, 1.807) is 11.3 Å². The van der Waals surface area contributed by atoms with E-state index in [0.717, 1.165) is 18.2 Å². The van der Waals surface area contributed by atoms with Crippen LogP contribution in [0, 0.1) is 6.92 Å². The van der Waals surface area contributed by atoms with E-state index in [0.29, 0.717) is 0 Å². The molecule has 19 heavy (non-hydrogen) atoms. The van der Waals surface area contributed by atoms with Gasteiger partial charge < -0.3 is 9.88 Å². The van der Waals surface area contributed by atoms with E-state index in [1.165, 1.54) is 10.4 Å².